The second-order valence-electron chi connectivity index (χ2n) is 4.45. The molecule has 4 heteroatoms. The van der Waals surface area contributed by atoms with Crippen LogP contribution in [0.15, 0.2) is 27.8 Å². The quantitative estimate of drug-likeness (QED) is 0.913. The highest BCUT2D eigenvalue weighted by atomic mass is 79.9. The van der Waals surface area contributed by atoms with Gasteiger partial charge in [0.15, 0.2) is 0 Å². The largest absolute Gasteiger partial charge is 0.314 e. The first-order valence-corrected chi connectivity index (χ1v) is 7.97. The van der Waals surface area contributed by atoms with E-state index in [-0.39, 0.29) is 0 Å². The average molecular weight is 315 g/mol. The van der Waals surface area contributed by atoms with Crippen LogP contribution in [0.4, 0.5) is 0 Å². The molecular weight excluding hydrogens is 296 g/mol. The number of rotatable bonds is 4. The lowest BCUT2D eigenvalue weighted by atomic mass is 9.95. The Bertz CT molecular complexity index is 357. The lowest BCUT2D eigenvalue weighted by Gasteiger charge is -2.29. The molecule has 1 heterocycles. The normalized spacial score (nSPS) is 24.8. The summed E-state index contributed by atoms with van der Waals surface area (Å²) in [6.45, 7) is 3.27. The molecule has 1 aromatic rings. The summed E-state index contributed by atoms with van der Waals surface area (Å²) in [6, 6.07) is 4.74. The molecule has 17 heavy (non-hydrogen) atoms. The van der Waals surface area contributed by atoms with E-state index >= 15 is 0 Å². The summed E-state index contributed by atoms with van der Waals surface area (Å²) in [5.74, 6) is 0. The highest BCUT2D eigenvalue weighted by Gasteiger charge is 2.22. The Hall–Kier alpha value is -0.0600. The van der Waals surface area contributed by atoms with Gasteiger partial charge in [0, 0.05) is 22.0 Å². The van der Waals surface area contributed by atoms with Crippen molar-refractivity contribution in [1.29, 1.82) is 0 Å². The highest BCUT2D eigenvalue weighted by Crippen LogP contribution is 2.35. The third-order valence-corrected chi connectivity index (χ3v) is 5.33. The molecular formula is C13H19BrN2S. The van der Waals surface area contributed by atoms with Crippen molar-refractivity contribution in [1.82, 2.24) is 10.3 Å². The van der Waals surface area contributed by atoms with E-state index in [2.05, 4.69) is 39.2 Å². The average Bonchev–Trinajstić information content (AvgIpc) is 2.33. The summed E-state index contributed by atoms with van der Waals surface area (Å²) in [5, 5.41) is 5.41. The SMILES string of the molecule is CCNC1CCCC(Sc2ncccc2Br)C1. The van der Waals surface area contributed by atoms with Gasteiger partial charge >= 0.3 is 0 Å². The zero-order valence-electron chi connectivity index (χ0n) is 10.2. The van der Waals surface area contributed by atoms with Crippen LogP contribution < -0.4 is 5.32 Å². The molecule has 0 aliphatic heterocycles. The topological polar surface area (TPSA) is 24.9 Å². The minimum atomic E-state index is 0.703. The van der Waals surface area contributed by atoms with Gasteiger partial charge in [0.25, 0.3) is 0 Å². The molecule has 1 aromatic heterocycles. The Morgan fingerprint density at radius 3 is 3.18 bits per heavy atom. The lowest BCUT2D eigenvalue weighted by molar-refractivity contribution is 0.387. The summed E-state index contributed by atoms with van der Waals surface area (Å²) >= 11 is 5.49. The van der Waals surface area contributed by atoms with Crippen LogP contribution in [-0.2, 0) is 0 Å². The van der Waals surface area contributed by atoms with Crippen LogP contribution in [0, 0.1) is 0 Å². The molecule has 1 aliphatic carbocycles. The van der Waals surface area contributed by atoms with Crippen LogP contribution in [0.25, 0.3) is 0 Å². The number of thioether (sulfide) groups is 1. The van der Waals surface area contributed by atoms with Crippen LogP contribution >= 0.6 is 27.7 Å². The van der Waals surface area contributed by atoms with E-state index < -0.39 is 0 Å². The van der Waals surface area contributed by atoms with E-state index in [0.717, 1.165) is 16.0 Å². The van der Waals surface area contributed by atoms with Gasteiger partial charge in [-0.25, -0.2) is 4.98 Å². The van der Waals surface area contributed by atoms with Crippen LogP contribution in [0.2, 0.25) is 0 Å². The molecule has 0 aromatic carbocycles. The predicted octanol–water partition coefficient (Wildman–Crippen LogP) is 3.86. The Balaban J connectivity index is 1.92. The van der Waals surface area contributed by atoms with E-state index in [1.54, 1.807) is 0 Å². The molecule has 1 aliphatic rings. The third-order valence-electron chi connectivity index (χ3n) is 3.12. The number of nitrogens with zero attached hydrogens (tertiary/aromatic N) is 1. The molecule has 2 unspecified atom stereocenters. The van der Waals surface area contributed by atoms with Gasteiger partial charge in [-0.15, -0.1) is 11.8 Å². The smallest absolute Gasteiger partial charge is 0.110 e. The van der Waals surface area contributed by atoms with Crippen molar-refractivity contribution in [3.8, 4) is 0 Å². The Kier molecular flexibility index (Phi) is 5.32. The van der Waals surface area contributed by atoms with Crippen molar-refractivity contribution in [2.45, 2.75) is 48.9 Å². The highest BCUT2D eigenvalue weighted by molar-refractivity contribution is 9.10. The second-order valence-corrected chi connectivity index (χ2v) is 6.59. The fourth-order valence-electron chi connectivity index (χ4n) is 2.34. The summed E-state index contributed by atoms with van der Waals surface area (Å²) in [5.41, 5.74) is 0. The Morgan fingerprint density at radius 2 is 2.41 bits per heavy atom. The van der Waals surface area contributed by atoms with E-state index in [0.29, 0.717) is 11.3 Å². The van der Waals surface area contributed by atoms with Gasteiger partial charge in [-0.05, 0) is 53.9 Å². The van der Waals surface area contributed by atoms with Gasteiger partial charge in [-0.3, -0.25) is 0 Å². The first kappa shape index (κ1) is 13.4. The van der Waals surface area contributed by atoms with Gasteiger partial charge in [0.2, 0.25) is 0 Å². The first-order valence-electron chi connectivity index (χ1n) is 6.30. The van der Waals surface area contributed by atoms with E-state index in [1.807, 2.05) is 24.0 Å². The number of pyridine rings is 1. The summed E-state index contributed by atoms with van der Waals surface area (Å²) < 4.78 is 1.12. The molecule has 1 N–H and O–H groups in total. The summed E-state index contributed by atoms with van der Waals surface area (Å²) in [6.07, 6.45) is 7.11. The van der Waals surface area contributed by atoms with Gasteiger partial charge in [-0.2, -0.15) is 0 Å². The van der Waals surface area contributed by atoms with Crippen LogP contribution in [0.5, 0.6) is 0 Å². The standard InChI is InChI=1S/C13H19BrN2S/c1-2-15-10-5-3-6-11(9-10)17-13-12(14)7-4-8-16-13/h4,7-8,10-11,15H,2-3,5-6,9H2,1H3. The first-order chi connectivity index (χ1) is 8.29. The van der Waals surface area contributed by atoms with Gasteiger partial charge in [0.05, 0.1) is 0 Å². The number of hydrogen-bond donors (Lipinski definition) is 1. The Morgan fingerprint density at radius 1 is 1.53 bits per heavy atom. The van der Waals surface area contributed by atoms with E-state index in [4.69, 9.17) is 0 Å². The molecule has 1 saturated carbocycles. The molecule has 2 rings (SSSR count). The second kappa shape index (κ2) is 6.76. The van der Waals surface area contributed by atoms with Crippen molar-refractivity contribution in [2.24, 2.45) is 0 Å². The number of halogens is 1. The van der Waals surface area contributed by atoms with Gasteiger partial charge in [-0.1, -0.05) is 13.3 Å². The fourth-order valence-corrected chi connectivity index (χ4v) is 4.11. The van der Waals surface area contributed by atoms with Gasteiger partial charge < -0.3 is 5.32 Å². The van der Waals surface area contributed by atoms with Crippen molar-refractivity contribution in [3.05, 3.63) is 22.8 Å². The zero-order valence-corrected chi connectivity index (χ0v) is 12.6. The van der Waals surface area contributed by atoms with Crippen molar-refractivity contribution < 1.29 is 0 Å². The molecule has 1 fully saturated rings. The molecule has 2 nitrogen and oxygen atoms in total. The predicted molar refractivity (Wildman–Crippen MR) is 77.5 cm³/mol. The third kappa shape index (κ3) is 3.97. The molecule has 0 radical (unpaired) electrons. The number of nitrogens with one attached hydrogen (secondary N) is 1. The summed E-state index contributed by atoms with van der Waals surface area (Å²) in [7, 11) is 0. The minimum absolute atomic E-state index is 0.703. The van der Waals surface area contributed by atoms with Crippen molar-refractivity contribution in [3.63, 3.8) is 0 Å². The van der Waals surface area contributed by atoms with Crippen molar-refractivity contribution >= 4 is 27.7 Å². The zero-order chi connectivity index (χ0) is 12.1. The number of hydrogen-bond acceptors (Lipinski definition) is 3. The lowest BCUT2D eigenvalue weighted by Crippen LogP contribution is -2.34. The Labute approximate surface area is 116 Å². The fraction of sp³-hybridized carbons (Fsp3) is 0.615. The molecule has 2 atom stereocenters. The molecule has 0 saturated heterocycles. The molecule has 94 valence electrons. The maximum atomic E-state index is 4.44. The molecule has 0 bridgehead atoms. The minimum Gasteiger partial charge on any atom is -0.314 e. The van der Waals surface area contributed by atoms with E-state index in [1.165, 1.54) is 25.7 Å². The van der Waals surface area contributed by atoms with Crippen LogP contribution in [-0.4, -0.2) is 22.8 Å². The van der Waals surface area contributed by atoms with Crippen LogP contribution in [0.1, 0.15) is 32.6 Å². The van der Waals surface area contributed by atoms with Crippen LogP contribution in [0.3, 0.4) is 0 Å². The monoisotopic (exact) mass is 314 g/mol. The van der Waals surface area contributed by atoms with Crippen molar-refractivity contribution in [2.75, 3.05) is 6.54 Å². The molecule has 0 amide bonds. The summed E-state index contributed by atoms with van der Waals surface area (Å²) in [4.78, 5) is 4.44. The van der Waals surface area contributed by atoms with Gasteiger partial charge in [0.1, 0.15) is 5.03 Å². The number of aromatic nitrogens is 1. The van der Waals surface area contributed by atoms with E-state index in [9.17, 15) is 0 Å². The maximum absolute atomic E-state index is 4.44. The maximum Gasteiger partial charge on any atom is 0.110 e. The molecule has 0 spiro atoms.